The normalized spacial score (nSPS) is 11.5. The number of rotatable bonds is 4. The van der Waals surface area contributed by atoms with Gasteiger partial charge in [-0.25, -0.2) is 9.97 Å². The molecule has 114 valence electrons. The van der Waals surface area contributed by atoms with E-state index in [2.05, 4.69) is 53.4 Å². The first-order valence-corrected chi connectivity index (χ1v) is 7.10. The summed E-state index contributed by atoms with van der Waals surface area (Å²) in [5.74, 6) is 2.46. The average Bonchev–Trinajstić information content (AvgIpc) is 2.75. The summed E-state index contributed by atoms with van der Waals surface area (Å²) in [5, 5.41) is 10.7. The maximum absolute atomic E-state index is 4.61. The van der Waals surface area contributed by atoms with Crippen LogP contribution in [0.25, 0.3) is 0 Å². The van der Waals surface area contributed by atoms with Gasteiger partial charge in [0.05, 0.1) is 6.20 Å². The Kier molecular flexibility index (Phi) is 4.16. The van der Waals surface area contributed by atoms with Gasteiger partial charge in [-0.1, -0.05) is 20.8 Å². The van der Waals surface area contributed by atoms with Crippen LogP contribution in [0.3, 0.4) is 0 Å². The Bertz CT molecular complexity index is 624. The second-order valence-electron chi connectivity index (χ2n) is 6.19. The van der Waals surface area contributed by atoms with Crippen LogP contribution in [0, 0.1) is 6.92 Å². The molecule has 0 unspecified atom stereocenters. The Morgan fingerprint density at radius 2 is 1.86 bits per heavy atom. The smallest absolute Gasteiger partial charge is 0.138 e. The zero-order valence-corrected chi connectivity index (χ0v) is 13.7. The van der Waals surface area contributed by atoms with E-state index in [1.807, 2.05) is 31.0 Å². The number of aryl methyl sites for hydroxylation is 1. The molecular formula is C15H24N6. The highest BCUT2D eigenvalue weighted by Crippen LogP contribution is 2.22. The van der Waals surface area contributed by atoms with E-state index in [4.69, 9.17) is 0 Å². The Hall–Kier alpha value is -2.11. The molecule has 0 radical (unpaired) electrons. The molecule has 0 fully saturated rings. The number of aromatic nitrogens is 4. The molecule has 0 spiro atoms. The molecule has 2 aromatic heterocycles. The van der Waals surface area contributed by atoms with Crippen molar-refractivity contribution in [3.05, 3.63) is 29.3 Å². The molecule has 0 aliphatic carbocycles. The van der Waals surface area contributed by atoms with Crippen LogP contribution in [0.15, 0.2) is 12.3 Å². The lowest BCUT2D eigenvalue weighted by Crippen LogP contribution is -2.18. The van der Waals surface area contributed by atoms with Crippen LogP contribution in [0.1, 0.15) is 37.9 Å². The van der Waals surface area contributed by atoms with Crippen molar-refractivity contribution in [3.63, 3.8) is 0 Å². The highest BCUT2D eigenvalue weighted by Gasteiger charge is 2.19. The van der Waals surface area contributed by atoms with E-state index in [1.165, 1.54) is 5.56 Å². The third-order valence-corrected chi connectivity index (χ3v) is 3.45. The van der Waals surface area contributed by atoms with Crippen molar-refractivity contribution in [1.82, 2.24) is 19.7 Å². The van der Waals surface area contributed by atoms with Crippen LogP contribution >= 0.6 is 0 Å². The Morgan fingerprint density at radius 3 is 2.38 bits per heavy atom. The van der Waals surface area contributed by atoms with Gasteiger partial charge in [-0.2, -0.15) is 5.10 Å². The summed E-state index contributed by atoms with van der Waals surface area (Å²) >= 11 is 0. The monoisotopic (exact) mass is 288 g/mol. The topological polar surface area (TPSA) is 67.7 Å². The molecule has 0 saturated heterocycles. The van der Waals surface area contributed by atoms with Gasteiger partial charge in [0.25, 0.3) is 0 Å². The van der Waals surface area contributed by atoms with Crippen molar-refractivity contribution >= 4 is 11.6 Å². The summed E-state index contributed by atoms with van der Waals surface area (Å²) in [4.78, 5) is 9.14. The average molecular weight is 288 g/mol. The SMILES string of the molecule is CNc1cc(NCc2cnn(C)c2C)nc(C(C)(C)C)n1. The Morgan fingerprint density at radius 1 is 1.19 bits per heavy atom. The Balaban J connectivity index is 2.21. The molecule has 6 nitrogen and oxygen atoms in total. The van der Waals surface area contributed by atoms with Crippen LogP contribution in [0.5, 0.6) is 0 Å². The number of hydrogen-bond acceptors (Lipinski definition) is 5. The van der Waals surface area contributed by atoms with Gasteiger partial charge >= 0.3 is 0 Å². The van der Waals surface area contributed by atoms with Gasteiger partial charge in [0.1, 0.15) is 17.5 Å². The van der Waals surface area contributed by atoms with E-state index in [-0.39, 0.29) is 5.41 Å². The van der Waals surface area contributed by atoms with Crippen molar-refractivity contribution in [2.75, 3.05) is 17.7 Å². The standard InChI is InChI=1S/C15H24N6/c1-10-11(9-18-21(10)6)8-17-13-7-12(16-5)19-14(20-13)15(2,3)4/h7,9H,8H2,1-6H3,(H2,16,17,19,20). The largest absolute Gasteiger partial charge is 0.373 e. The molecule has 2 N–H and O–H groups in total. The van der Waals surface area contributed by atoms with E-state index in [9.17, 15) is 0 Å². The molecule has 0 amide bonds. The lowest BCUT2D eigenvalue weighted by Gasteiger charge is -2.18. The Labute approximate surface area is 126 Å². The maximum Gasteiger partial charge on any atom is 0.138 e. The van der Waals surface area contributed by atoms with E-state index < -0.39 is 0 Å². The molecular weight excluding hydrogens is 264 g/mol. The zero-order valence-electron chi connectivity index (χ0n) is 13.7. The summed E-state index contributed by atoms with van der Waals surface area (Å²) in [6.07, 6.45) is 1.88. The second-order valence-corrected chi connectivity index (χ2v) is 6.19. The van der Waals surface area contributed by atoms with Gasteiger partial charge in [-0.3, -0.25) is 4.68 Å². The van der Waals surface area contributed by atoms with Gasteiger partial charge in [-0.15, -0.1) is 0 Å². The molecule has 0 atom stereocenters. The zero-order chi connectivity index (χ0) is 15.6. The van der Waals surface area contributed by atoms with Crippen LogP contribution in [0.2, 0.25) is 0 Å². The van der Waals surface area contributed by atoms with Gasteiger partial charge in [0.15, 0.2) is 0 Å². The van der Waals surface area contributed by atoms with Crippen molar-refractivity contribution in [1.29, 1.82) is 0 Å². The van der Waals surface area contributed by atoms with Crippen molar-refractivity contribution in [3.8, 4) is 0 Å². The van der Waals surface area contributed by atoms with Crippen LogP contribution in [-0.2, 0) is 19.0 Å². The quantitative estimate of drug-likeness (QED) is 0.904. The van der Waals surface area contributed by atoms with Crippen LogP contribution in [-0.4, -0.2) is 26.8 Å². The number of hydrogen-bond donors (Lipinski definition) is 2. The fourth-order valence-corrected chi connectivity index (χ4v) is 1.90. The first-order chi connectivity index (χ1) is 9.81. The van der Waals surface area contributed by atoms with Gasteiger partial charge in [0, 0.05) is 43.4 Å². The molecule has 21 heavy (non-hydrogen) atoms. The molecule has 0 aliphatic heterocycles. The molecule has 0 aromatic carbocycles. The molecule has 2 aromatic rings. The molecule has 0 saturated carbocycles. The summed E-state index contributed by atoms with van der Waals surface area (Å²) in [7, 11) is 3.81. The lowest BCUT2D eigenvalue weighted by molar-refractivity contribution is 0.546. The lowest BCUT2D eigenvalue weighted by atomic mass is 9.96. The van der Waals surface area contributed by atoms with Crippen molar-refractivity contribution in [2.45, 2.75) is 39.7 Å². The van der Waals surface area contributed by atoms with E-state index in [0.29, 0.717) is 6.54 Å². The van der Waals surface area contributed by atoms with Crippen molar-refractivity contribution < 1.29 is 0 Å². The molecule has 6 heteroatoms. The molecule has 0 aliphatic rings. The number of anilines is 2. The highest BCUT2D eigenvalue weighted by molar-refractivity contribution is 5.48. The number of nitrogens with zero attached hydrogens (tertiary/aromatic N) is 4. The first kappa shape index (κ1) is 15.3. The number of nitrogens with one attached hydrogen (secondary N) is 2. The minimum atomic E-state index is -0.0898. The second kappa shape index (κ2) is 5.71. The minimum absolute atomic E-state index is 0.0898. The highest BCUT2D eigenvalue weighted by atomic mass is 15.3. The van der Waals surface area contributed by atoms with Crippen molar-refractivity contribution in [2.24, 2.45) is 7.05 Å². The molecule has 0 bridgehead atoms. The van der Waals surface area contributed by atoms with Crippen LogP contribution < -0.4 is 10.6 Å². The fourth-order valence-electron chi connectivity index (χ4n) is 1.90. The summed E-state index contributed by atoms with van der Waals surface area (Å²) in [6, 6.07) is 1.92. The molecule has 2 rings (SSSR count). The van der Waals surface area contributed by atoms with E-state index in [0.717, 1.165) is 23.2 Å². The summed E-state index contributed by atoms with van der Waals surface area (Å²) in [5.41, 5.74) is 2.23. The predicted octanol–water partition coefficient (Wildman–Crippen LogP) is 2.47. The predicted molar refractivity (Wildman–Crippen MR) is 85.6 cm³/mol. The van der Waals surface area contributed by atoms with Crippen LogP contribution in [0.4, 0.5) is 11.6 Å². The fraction of sp³-hybridized carbons (Fsp3) is 0.533. The maximum atomic E-state index is 4.61. The van der Waals surface area contributed by atoms with E-state index >= 15 is 0 Å². The first-order valence-electron chi connectivity index (χ1n) is 7.10. The van der Waals surface area contributed by atoms with Gasteiger partial charge in [-0.05, 0) is 6.92 Å². The van der Waals surface area contributed by atoms with E-state index in [1.54, 1.807) is 0 Å². The van der Waals surface area contributed by atoms with Gasteiger partial charge < -0.3 is 10.6 Å². The molecule has 2 heterocycles. The third-order valence-electron chi connectivity index (χ3n) is 3.45. The minimum Gasteiger partial charge on any atom is -0.373 e. The summed E-state index contributed by atoms with van der Waals surface area (Å²) in [6.45, 7) is 9.08. The van der Waals surface area contributed by atoms with Gasteiger partial charge in [0.2, 0.25) is 0 Å². The summed E-state index contributed by atoms with van der Waals surface area (Å²) < 4.78 is 1.87. The third kappa shape index (κ3) is 3.51.